The molecule has 0 aliphatic carbocycles. The Balaban J connectivity index is 2.14. The van der Waals surface area contributed by atoms with Crippen LogP contribution in [0.25, 0.3) is 0 Å². The Morgan fingerprint density at radius 2 is 2.26 bits per heavy atom. The van der Waals surface area contributed by atoms with Crippen LogP contribution in [0.4, 0.5) is 5.69 Å². The zero-order valence-electron chi connectivity index (χ0n) is 11.1. The minimum absolute atomic E-state index is 0.133. The van der Waals surface area contributed by atoms with Crippen molar-refractivity contribution in [3.8, 4) is 0 Å². The van der Waals surface area contributed by atoms with Crippen molar-refractivity contribution in [2.24, 2.45) is 0 Å². The van der Waals surface area contributed by atoms with E-state index in [9.17, 15) is 10.1 Å². The molecule has 1 fully saturated rings. The van der Waals surface area contributed by atoms with E-state index in [0.29, 0.717) is 16.6 Å². The number of nitrogens with zero attached hydrogens (tertiary/aromatic N) is 2. The van der Waals surface area contributed by atoms with Crippen molar-refractivity contribution in [2.45, 2.75) is 32.5 Å². The molecule has 1 heterocycles. The van der Waals surface area contributed by atoms with Gasteiger partial charge in [-0.3, -0.25) is 15.0 Å². The molecule has 1 saturated heterocycles. The molecule has 5 nitrogen and oxygen atoms in total. The summed E-state index contributed by atoms with van der Waals surface area (Å²) < 4.78 is 0.531. The number of nitro groups is 1. The van der Waals surface area contributed by atoms with Gasteiger partial charge in [0, 0.05) is 37.8 Å². The Bertz CT molecular complexity index is 481. The van der Waals surface area contributed by atoms with Crippen molar-refractivity contribution in [1.82, 2.24) is 10.2 Å². The number of hydrogen-bond donors (Lipinski definition) is 1. The van der Waals surface area contributed by atoms with Crippen LogP contribution in [-0.4, -0.2) is 35.0 Å². The molecule has 1 N–H and O–H groups in total. The topological polar surface area (TPSA) is 58.4 Å². The van der Waals surface area contributed by atoms with E-state index in [2.05, 4.69) is 40.0 Å². The molecule has 1 aliphatic heterocycles. The zero-order valence-corrected chi connectivity index (χ0v) is 12.7. The van der Waals surface area contributed by atoms with E-state index in [1.54, 1.807) is 12.1 Å². The molecule has 0 amide bonds. The van der Waals surface area contributed by atoms with Crippen LogP contribution >= 0.6 is 15.9 Å². The van der Waals surface area contributed by atoms with Crippen LogP contribution in [-0.2, 0) is 6.54 Å². The quantitative estimate of drug-likeness (QED) is 0.684. The normalized spacial score (nSPS) is 24.4. The van der Waals surface area contributed by atoms with Gasteiger partial charge in [0.15, 0.2) is 0 Å². The van der Waals surface area contributed by atoms with Crippen LogP contribution in [0, 0.1) is 10.1 Å². The third-order valence-corrected chi connectivity index (χ3v) is 4.16. The molecule has 0 spiro atoms. The summed E-state index contributed by atoms with van der Waals surface area (Å²) in [6.07, 6.45) is 0. The fourth-order valence-electron chi connectivity index (χ4n) is 2.35. The SMILES string of the molecule is CC1CN(Cc2ccc(Br)c([N+](=O)[O-])c2)C(C)CN1. The van der Waals surface area contributed by atoms with Gasteiger partial charge in [0.1, 0.15) is 0 Å². The molecule has 6 heteroatoms. The summed E-state index contributed by atoms with van der Waals surface area (Å²) in [5.41, 5.74) is 1.11. The highest BCUT2D eigenvalue weighted by Gasteiger charge is 2.23. The van der Waals surface area contributed by atoms with Gasteiger partial charge in [-0.25, -0.2) is 0 Å². The van der Waals surface area contributed by atoms with E-state index in [1.165, 1.54) is 0 Å². The summed E-state index contributed by atoms with van der Waals surface area (Å²) in [5.74, 6) is 0. The lowest BCUT2D eigenvalue weighted by molar-refractivity contribution is -0.385. The van der Waals surface area contributed by atoms with Crippen molar-refractivity contribution in [2.75, 3.05) is 13.1 Å². The van der Waals surface area contributed by atoms with Gasteiger partial charge in [0.05, 0.1) is 9.40 Å². The smallest absolute Gasteiger partial charge is 0.283 e. The van der Waals surface area contributed by atoms with Crippen molar-refractivity contribution in [3.63, 3.8) is 0 Å². The molecule has 2 rings (SSSR count). The molecule has 19 heavy (non-hydrogen) atoms. The fourth-order valence-corrected chi connectivity index (χ4v) is 2.74. The van der Waals surface area contributed by atoms with Crippen LogP contribution in [0.1, 0.15) is 19.4 Å². The zero-order chi connectivity index (χ0) is 14.0. The van der Waals surface area contributed by atoms with E-state index in [-0.39, 0.29) is 10.6 Å². The molecule has 1 aliphatic rings. The summed E-state index contributed by atoms with van der Waals surface area (Å²) in [5, 5.41) is 14.4. The van der Waals surface area contributed by atoms with E-state index in [1.807, 2.05) is 6.07 Å². The number of piperazine rings is 1. The Hall–Kier alpha value is -0.980. The molecule has 1 aromatic carbocycles. The van der Waals surface area contributed by atoms with E-state index in [4.69, 9.17) is 0 Å². The van der Waals surface area contributed by atoms with Crippen LogP contribution in [0.15, 0.2) is 22.7 Å². The lowest BCUT2D eigenvalue weighted by Gasteiger charge is -2.37. The predicted molar refractivity (Wildman–Crippen MR) is 78.1 cm³/mol. The number of hydrogen-bond acceptors (Lipinski definition) is 4. The van der Waals surface area contributed by atoms with E-state index >= 15 is 0 Å². The molecule has 2 atom stereocenters. The molecule has 0 radical (unpaired) electrons. The molecule has 0 saturated carbocycles. The Morgan fingerprint density at radius 1 is 1.53 bits per heavy atom. The Morgan fingerprint density at radius 3 is 2.95 bits per heavy atom. The first-order valence-electron chi connectivity index (χ1n) is 6.37. The number of nitrogens with one attached hydrogen (secondary N) is 1. The lowest BCUT2D eigenvalue weighted by Crippen LogP contribution is -2.53. The summed E-state index contributed by atoms with van der Waals surface area (Å²) in [7, 11) is 0. The average Bonchev–Trinajstić information content (AvgIpc) is 2.36. The monoisotopic (exact) mass is 327 g/mol. The standard InChI is InChI=1S/C13H18BrN3O2/c1-9-7-16(10(2)6-15-9)8-11-3-4-12(14)13(5-11)17(18)19/h3-5,9-10,15H,6-8H2,1-2H3. The molecule has 2 unspecified atom stereocenters. The van der Waals surface area contributed by atoms with E-state index in [0.717, 1.165) is 25.2 Å². The largest absolute Gasteiger partial charge is 0.311 e. The second-order valence-electron chi connectivity index (χ2n) is 5.13. The van der Waals surface area contributed by atoms with E-state index < -0.39 is 0 Å². The minimum atomic E-state index is -0.350. The number of benzene rings is 1. The minimum Gasteiger partial charge on any atom is -0.311 e. The molecular weight excluding hydrogens is 310 g/mol. The number of halogens is 1. The van der Waals surface area contributed by atoms with Gasteiger partial charge >= 0.3 is 0 Å². The van der Waals surface area contributed by atoms with Gasteiger partial charge < -0.3 is 5.32 Å². The average molecular weight is 328 g/mol. The second kappa shape index (κ2) is 5.98. The maximum Gasteiger partial charge on any atom is 0.283 e. The highest BCUT2D eigenvalue weighted by molar-refractivity contribution is 9.10. The van der Waals surface area contributed by atoms with Gasteiger partial charge in [-0.2, -0.15) is 0 Å². The first kappa shape index (κ1) is 14.4. The fraction of sp³-hybridized carbons (Fsp3) is 0.538. The maximum absolute atomic E-state index is 10.9. The van der Waals surface area contributed by atoms with Crippen LogP contribution in [0.5, 0.6) is 0 Å². The third kappa shape index (κ3) is 3.52. The van der Waals surface area contributed by atoms with Gasteiger partial charge in [0.25, 0.3) is 5.69 Å². The van der Waals surface area contributed by atoms with Crippen molar-refractivity contribution >= 4 is 21.6 Å². The number of nitro benzene ring substituents is 1. The molecule has 104 valence electrons. The van der Waals surface area contributed by atoms with Crippen molar-refractivity contribution in [3.05, 3.63) is 38.3 Å². The molecule has 0 bridgehead atoms. The molecule has 1 aromatic rings. The predicted octanol–water partition coefficient (Wildman–Crippen LogP) is 2.54. The summed E-state index contributed by atoms with van der Waals surface area (Å²) in [6, 6.07) is 6.25. The van der Waals surface area contributed by atoms with Crippen LogP contribution < -0.4 is 5.32 Å². The summed E-state index contributed by atoms with van der Waals surface area (Å²) in [4.78, 5) is 12.9. The summed E-state index contributed by atoms with van der Waals surface area (Å²) >= 11 is 3.21. The first-order valence-corrected chi connectivity index (χ1v) is 7.17. The van der Waals surface area contributed by atoms with Gasteiger partial charge in [-0.1, -0.05) is 6.07 Å². The Kier molecular flexibility index (Phi) is 4.54. The highest BCUT2D eigenvalue weighted by atomic mass is 79.9. The molecular formula is C13H18BrN3O2. The first-order chi connectivity index (χ1) is 8.97. The molecule has 0 aromatic heterocycles. The van der Waals surface area contributed by atoms with Gasteiger partial charge in [-0.15, -0.1) is 0 Å². The summed E-state index contributed by atoms with van der Waals surface area (Å²) in [6.45, 7) is 7.00. The Labute approximate surface area is 121 Å². The van der Waals surface area contributed by atoms with Crippen molar-refractivity contribution in [1.29, 1.82) is 0 Å². The van der Waals surface area contributed by atoms with Crippen molar-refractivity contribution < 1.29 is 4.92 Å². The van der Waals surface area contributed by atoms with Gasteiger partial charge in [-0.05, 0) is 41.4 Å². The third-order valence-electron chi connectivity index (χ3n) is 3.49. The second-order valence-corrected chi connectivity index (χ2v) is 5.98. The number of rotatable bonds is 3. The lowest BCUT2D eigenvalue weighted by atomic mass is 10.1. The van der Waals surface area contributed by atoms with Crippen LogP contribution in [0.3, 0.4) is 0 Å². The van der Waals surface area contributed by atoms with Gasteiger partial charge in [0.2, 0.25) is 0 Å². The van der Waals surface area contributed by atoms with Crippen LogP contribution in [0.2, 0.25) is 0 Å². The highest BCUT2D eigenvalue weighted by Crippen LogP contribution is 2.26. The maximum atomic E-state index is 10.9.